The Bertz CT molecular complexity index is 786. The summed E-state index contributed by atoms with van der Waals surface area (Å²) >= 11 is 1.23. The van der Waals surface area contributed by atoms with Crippen LogP contribution in [0.3, 0.4) is 0 Å². The van der Waals surface area contributed by atoms with Crippen molar-refractivity contribution in [2.45, 2.75) is 23.9 Å². The van der Waals surface area contributed by atoms with Crippen molar-refractivity contribution in [1.29, 1.82) is 0 Å². The summed E-state index contributed by atoms with van der Waals surface area (Å²) in [6.45, 7) is 0.220. The van der Waals surface area contributed by atoms with E-state index in [0.29, 0.717) is 17.8 Å². The van der Waals surface area contributed by atoms with Gasteiger partial charge in [0, 0.05) is 17.5 Å². The van der Waals surface area contributed by atoms with Crippen LogP contribution in [0.15, 0.2) is 40.7 Å². The van der Waals surface area contributed by atoms with Gasteiger partial charge in [0.2, 0.25) is 0 Å². The lowest BCUT2D eigenvalue weighted by Crippen LogP contribution is -2.40. The number of carbonyl (C=O) groups is 1. The van der Waals surface area contributed by atoms with Gasteiger partial charge < -0.3 is 5.11 Å². The van der Waals surface area contributed by atoms with Gasteiger partial charge in [0.25, 0.3) is 10.0 Å². The lowest BCUT2D eigenvalue weighted by Gasteiger charge is -2.19. The number of hydrogen-bond donors (Lipinski definition) is 1. The zero-order valence-electron chi connectivity index (χ0n) is 11.5. The highest BCUT2D eigenvalue weighted by molar-refractivity contribution is 7.89. The zero-order chi connectivity index (χ0) is 15.7. The van der Waals surface area contributed by atoms with Crippen LogP contribution in [0.5, 0.6) is 0 Å². The average molecular weight is 338 g/mol. The smallest absolute Gasteiger partial charge is 0.322 e. The van der Waals surface area contributed by atoms with Crippen molar-refractivity contribution < 1.29 is 18.3 Å². The molecule has 1 aromatic carbocycles. The molecular formula is C14H14N2O4S2. The van der Waals surface area contributed by atoms with Gasteiger partial charge >= 0.3 is 5.97 Å². The number of benzene rings is 1. The predicted molar refractivity (Wildman–Crippen MR) is 82.1 cm³/mol. The van der Waals surface area contributed by atoms with Crippen LogP contribution in [0.25, 0.3) is 10.6 Å². The van der Waals surface area contributed by atoms with E-state index in [1.807, 2.05) is 30.3 Å². The third kappa shape index (κ3) is 2.65. The second-order valence-corrected chi connectivity index (χ2v) is 7.66. The average Bonchev–Trinajstić information content (AvgIpc) is 3.18. The highest BCUT2D eigenvalue weighted by Gasteiger charge is 2.40. The Morgan fingerprint density at radius 2 is 2.05 bits per heavy atom. The fourth-order valence-corrected chi connectivity index (χ4v) is 5.21. The molecule has 0 bridgehead atoms. The molecule has 3 rings (SSSR count). The summed E-state index contributed by atoms with van der Waals surface area (Å²) < 4.78 is 26.2. The maximum atomic E-state index is 12.6. The van der Waals surface area contributed by atoms with Gasteiger partial charge in [-0.05, 0) is 12.8 Å². The molecule has 0 unspecified atom stereocenters. The van der Waals surface area contributed by atoms with Gasteiger partial charge in [0.05, 0.1) is 0 Å². The summed E-state index contributed by atoms with van der Waals surface area (Å²) in [6.07, 6.45) is 0.885. The Labute approximate surface area is 132 Å². The van der Waals surface area contributed by atoms with Crippen LogP contribution in [0, 0.1) is 0 Å². The van der Waals surface area contributed by atoms with Crippen molar-refractivity contribution in [3.8, 4) is 10.6 Å². The van der Waals surface area contributed by atoms with Crippen LogP contribution in [-0.2, 0) is 14.8 Å². The van der Waals surface area contributed by atoms with E-state index >= 15 is 0 Å². The van der Waals surface area contributed by atoms with Crippen molar-refractivity contribution in [2.75, 3.05) is 6.54 Å². The van der Waals surface area contributed by atoms with Gasteiger partial charge in [-0.1, -0.05) is 30.3 Å². The number of thiazole rings is 1. The number of sulfonamides is 1. The van der Waals surface area contributed by atoms with Crippen LogP contribution in [0.2, 0.25) is 0 Å². The Morgan fingerprint density at radius 1 is 1.32 bits per heavy atom. The Kier molecular flexibility index (Phi) is 3.98. The van der Waals surface area contributed by atoms with E-state index in [-0.39, 0.29) is 11.6 Å². The summed E-state index contributed by atoms with van der Waals surface area (Å²) in [7, 11) is -3.87. The Morgan fingerprint density at radius 3 is 2.73 bits per heavy atom. The van der Waals surface area contributed by atoms with E-state index in [1.165, 1.54) is 16.7 Å². The molecule has 116 valence electrons. The van der Waals surface area contributed by atoms with E-state index in [0.717, 1.165) is 9.87 Å². The first-order valence-electron chi connectivity index (χ1n) is 6.76. The number of hydrogen-bond acceptors (Lipinski definition) is 5. The van der Waals surface area contributed by atoms with E-state index in [2.05, 4.69) is 4.98 Å². The number of aromatic nitrogens is 1. The molecule has 1 aromatic heterocycles. The van der Waals surface area contributed by atoms with Crippen LogP contribution in [0.4, 0.5) is 0 Å². The molecule has 1 saturated heterocycles. The zero-order valence-corrected chi connectivity index (χ0v) is 13.2. The number of nitrogens with zero attached hydrogens (tertiary/aromatic N) is 2. The molecule has 0 saturated carbocycles. The first-order valence-corrected chi connectivity index (χ1v) is 9.08. The molecule has 1 N–H and O–H groups in total. The Hall–Kier alpha value is -1.77. The molecule has 1 fully saturated rings. The first-order chi connectivity index (χ1) is 10.5. The van der Waals surface area contributed by atoms with Gasteiger partial charge in [-0.3, -0.25) is 4.79 Å². The summed E-state index contributed by atoms with van der Waals surface area (Å²) in [5.41, 5.74) is 0.838. The van der Waals surface area contributed by atoms with Gasteiger partial charge in [-0.15, -0.1) is 11.3 Å². The molecule has 2 heterocycles. The topological polar surface area (TPSA) is 87.6 Å². The summed E-state index contributed by atoms with van der Waals surface area (Å²) in [6, 6.07) is 8.29. The van der Waals surface area contributed by atoms with Gasteiger partial charge in [0.1, 0.15) is 11.0 Å². The van der Waals surface area contributed by atoms with Crippen LogP contribution >= 0.6 is 11.3 Å². The van der Waals surface area contributed by atoms with Crippen molar-refractivity contribution >= 4 is 27.3 Å². The quantitative estimate of drug-likeness (QED) is 0.922. The van der Waals surface area contributed by atoms with Gasteiger partial charge in [0.15, 0.2) is 5.03 Å². The second kappa shape index (κ2) is 5.79. The first kappa shape index (κ1) is 15.1. The molecule has 0 aliphatic carbocycles. The van der Waals surface area contributed by atoms with E-state index in [9.17, 15) is 13.2 Å². The molecule has 22 heavy (non-hydrogen) atoms. The molecule has 2 aromatic rings. The molecule has 0 spiro atoms. The van der Waals surface area contributed by atoms with Crippen LogP contribution in [-0.4, -0.2) is 41.4 Å². The highest BCUT2D eigenvalue weighted by Crippen LogP contribution is 2.30. The number of aliphatic carboxylic acids is 1. The molecule has 1 aliphatic heterocycles. The number of rotatable bonds is 4. The standard InChI is InChI=1S/C14H14N2O4S2/c17-14(18)11-7-4-8-16(11)22(19,20)12-9-21-13(15-12)10-5-2-1-3-6-10/h1-3,5-6,9,11H,4,7-8H2,(H,17,18)/t11-/m1/s1. The van der Waals surface area contributed by atoms with Crippen LogP contribution < -0.4 is 0 Å². The van der Waals surface area contributed by atoms with Crippen molar-refractivity contribution in [3.05, 3.63) is 35.7 Å². The van der Waals surface area contributed by atoms with Crippen LogP contribution in [0.1, 0.15) is 12.8 Å². The monoisotopic (exact) mass is 338 g/mol. The molecule has 6 nitrogen and oxygen atoms in total. The van der Waals surface area contributed by atoms with Gasteiger partial charge in [-0.2, -0.15) is 4.31 Å². The minimum Gasteiger partial charge on any atom is -0.480 e. The number of carboxylic acid groups (broad SMARTS) is 1. The molecule has 8 heteroatoms. The van der Waals surface area contributed by atoms with E-state index in [4.69, 9.17) is 5.11 Å². The van der Waals surface area contributed by atoms with Gasteiger partial charge in [-0.25, -0.2) is 13.4 Å². The fourth-order valence-electron chi connectivity index (χ4n) is 2.49. The second-order valence-electron chi connectivity index (χ2n) is 4.97. The van der Waals surface area contributed by atoms with Crippen molar-refractivity contribution in [1.82, 2.24) is 9.29 Å². The largest absolute Gasteiger partial charge is 0.480 e. The lowest BCUT2D eigenvalue weighted by molar-refractivity contribution is -0.140. The normalized spacial score (nSPS) is 19.4. The summed E-state index contributed by atoms with van der Waals surface area (Å²) in [4.78, 5) is 15.4. The summed E-state index contributed by atoms with van der Waals surface area (Å²) in [5.74, 6) is -1.11. The fraction of sp³-hybridized carbons (Fsp3) is 0.286. The Balaban J connectivity index is 1.94. The maximum Gasteiger partial charge on any atom is 0.322 e. The van der Waals surface area contributed by atoms with Crippen molar-refractivity contribution in [3.63, 3.8) is 0 Å². The minimum atomic E-state index is -3.87. The maximum absolute atomic E-state index is 12.6. The third-order valence-corrected chi connectivity index (χ3v) is 6.40. The summed E-state index contributed by atoms with van der Waals surface area (Å²) in [5, 5.41) is 11.1. The third-order valence-electron chi connectivity index (χ3n) is 3.57. The molecule has 1 aliphatic rings. The van der Waals surface area contributed by atoms with Crippen molar-refractivity contribution in [2.24, 2.45) is 0 Å². The van der Waals surface area contributed by atoms with E-state index < -0.39 is 22.0 Å². The molecule has 0 amide bonds. The van der Waals surface area contributed by atoms with E-state index in [1.54, 1.807) is 0 Å². The molecule has 1 atom stereocenters. The SMILES string of the molecule is O=C(O)[C@H]1CCCN1S(=O)(=O)c1csc(-c2ccccc2)n1. The number of carboxylic acids is 1. The highest BCUT2D eigenvalue weighted by atomic mass is 32.2. The molecular weight excluding hydrogens is 324 g/mol. The molecule has 0 radical (unpaired) electrons. The minimum absolute atomic E-state index is 0.0792. The predicted octanol–water partition coefficient (Wildman–Crippen LogP) is 2.05. The lowest BCUT2D eigenvalue weighted by atomic mass is 10.2.